The molecule has 1 heterocycles. The first kappa shape index (κ1) is 17.0. The molecule has 112 valence electrons. The van der Waals surface area contributed by atoms with E-state index >= 15 is 0 Å². The Morgan fingerprint density at radius 1 is 1.40 bits per heavy atom. The molecule has 0 saturated carbocycles. The molecule has 3 nitrogen and oxygen atoms in total. The van der Waals surface area contributed by atoms with Crippen LogP contribution in [0.4, 0.5) is 0 Å². The normalized spacial score (nSPS) is 21.4. The average molecular weight is 297 g/mol. The second-order valence-electron chi connectivity index (χ2n) is 5.73. The summed E-state index contributed by atoms with van der Waals surface area (Å²) in [5.41, 5.74) is 2.27. The first-order chi connectivity index (χ1) is 9.07. The number of carbonyl (C=O) groups excluding carboxylic acids is 1. The third kappa shape index (κ3) is 3.53. The minimum absolute atomic E-state index is 0. The predicted molar refractivity (Wildman–Crippen MR) is 85.1 cm³/mol. The first-order valence-electron chi connectivity index (χ1n) is 7.11. The fraction of sp³-hybridized carbons (Fsp3) is 0.562. The highest BCUT2D eigenvalue weighted by Crippen LogP contribution is 2.28. The number of benzene rings is 1. The first-order valence-corrected chi connectivity index (χ1v) is 7.11. The molecule has 4 heteroatoms. The molecule has 1 aliphatic rings. The summed E-state index contributed by atoms with van der Waals surface area (Å²) in [6.45, 7) is 9.48. The van der Waals surface area contributed by atoms with Crippen LogP contribution >= 0.6 is 12.4 Å². The summed E-state index contributed by atoms with van der Waals surface area (Å²) >= 11 is 0. The van der Waals surface area contributed by atoms with Crippen LogP contribution in [-0.2, 0) is 11.3 Å². The molecule has 1 saturated heterocycles. The number of rotatable bonds is 4. The van der Waals surface area contributed by atoms with E-state index in [0.717, 1.165) is 32.6 Å². The number of hydrogen-bond donors (Lipinski definition) is 1. The minimum atomic E-state index is -0.224. The van der Waals surface area contributed by atoms with Crippen molar-refractivity contribution in [2.75, 3.05) is 19.6 Å². The summed E-state index contributed by atoms with van der Waals surface area (Å²) < 4.78 is 0. The number of aryl methyl sites for hydroxylation is 1. The van der Waals surface area contributed by atoms with Gasteiger partial charge in [0.1, 0.15) is 0 Å². The van der Waals surface area contributed by atoms with Crippen molar-refractivity contribution in [3.05, 3.63) is 35.4 Å². The Hall–Kier alpha value is -1.06. The van der Waals surface area contributed by atoms with Crippen LogP contribution < -0.4 is 5.32 Å². The van der Waals surface area contributed by atoms with Gasteiger partial charge >= 0.3 is 0 Å². The van der Waals surface area contributed by atoms with E-state index in [2.05, 4.69) is 38.2 Å². The molecule has 1 unspecified atom stereocenters. The van der Waals surface area contributed by atoms with Crippen LogP contribution in [0.3, 0.4) is 0 Å². The van der Waals surface area contributed by atoms with Gasteiger partial charge in [-0.3, -0.25) is 4.79 Å². The molecule has 1 aliphatic heterocycles. The van der Waals surface area contributed by atoms with Gasteiger partial charge < -0.3 is 10.2 Å². The van der Waals surface area contributed by atoms with Gasteiger partial charge in [-0.1, -0.05) is 24.3 Å². The maximum absolute atomic E-state index is 12.7. The van der Waals surface area contributed by atoms with Crippen LogP contribution in [0.5, 0.6) is 0 Å². The molecule has 2 rings (SSSR count). The molecule has 1 aromatic carbocycles. The van der Waals surface area contributed by atoms with Gasteiger partial charge in [-0.2, -0.15) is 0 Å². The fourth-order valence-corrected chi connectivity index (χ4v) is 2.70. The molecule has 0 radical (unpaired) electrons. The zero-order valence-electron chi connectivity index (χ0n) is 12.6. The number of nitrogens with zero attached hydrogens (tertiary/aromatic N) is 1. The monoisotopic (exact) mass is 296 g/mol. The lowest BCUT2D eigenvalue weighted by atomic mass is 9.88. The minimum Gasteiger partial charge on any atom is -0.338 e. The van der Waals surface area contributed by atoms with Crippen LogP contribution in [0, 0.1) is 12.3 Å². The summed E-state index contributed by atoms with van der Waals surface area (Å²) in [6, 6.07) is 8.30. The molecular weight excluding hydrogens is 272 g/mol. The highest BCUT2D eigenvalue weighted by Gasteiger charge is 2.38. The van der Waals surface area contributed by atoms with E-state index in [-0.39, 0.29) is 23.7 Å². The number of halogens is 1. The van der Waals surface area contributed by atoms with Crippen LogP contribution in [0.2, 0.25) is 0 Å². The molecule has 0 aliphatic carbocycles. The maximum Gasteiger partial charge on any atom is 0.230 e. The molecule has 1 N–H and O–H groups in total. The van der Waals surface area contributed by atoms with E-state index < -0.39 is 0 Å². The quantitative estimate of drug-likeness (QED) is 0.926. The van der Waals surface area contributed by atoms with Gasteiger partial charge in [0.15, 0.2) is 0 Å². The second-order valence-corrected chi connectivity index (χ2v) is 5.73. The Kier molecular flexibility index (Phi) is 6.03. The number of carbonyl (C=O) groups is 1. The second kappa shape index (κ2) is 7.09. The SMILES string of the molecule is CCN(Cc1ccccc1C)C(=O)C1(C)CCNC1.Cl. The lowest BCUT2D eigenvalue weighted by Crippen LogP contribution is -2.43. The van der Waals surface area contributed by atoms with Gasteiger partial charge in [0, 0.05) is 19.6 Å². The molecular formula is C16H25ClN2O. The summed E-state index contributed by atoms with van der Waals surface area (Å²) in [7, 11) is 0. The molecule has 0 spiro atoms. The lowest BCUT2D eigenvalue weighted by Gasteiger charge is -2.31. The Bertz CT molecular complexity index is 456. The Morgan fingerprint density at radius 3 is 2.65 bits per heavy atom. The molecule has 0 aromatic heterocycles. The van der Waals surface area contributed by atoms with Crippen LogP contribution in [-0.4, -0.2) is 30.4 Å². The van der Waals surface area contributed by atoms with Crippen LogP contribution in [0.15, 0.2) is 24.3 Å². The van der Waals surface area contributed by atoms with Crippen molar-refractivity contribution in [3.63, 3.8) is 0 Å². The fourth-order valence-electron chi connectivity index (χ4n) is 2.70. The van der Waals surface area contributed by atoms with Gasteiger partial charge in [-0.25, -0.2) is 0 Å². The maximum atomic E-state index is 12.7. The Morgan fingerprint density at radius 2 is 2.10 bits per heavy atom. The Labute approximate surface area is 128 Å². The predicted octanol–water partition coefficient (Wildman–Crippen LogP) is 2.76. The molecule has 0 bridgehead atoms. The molecule has 20 heavy (non-hydrogen) atoms. The van der Waals surface area contributed by atoms with Gasteiger partial charge in [0.2, 0.25) is 5.91 Å². The summed E-state index contributed by atoms with van der Waals surface area (Å²) in [6.07, 6.45) is 0.941. The van der Waals surface area contributed by atoms with Crippen molar-refractivity contribution < 1.29 is 4.79 Å². The van der Waals surface area contributed by atoms with Crippen molar-refractivity contribution in [1.29, 1.82) is 0 Å². The molecule has 1 atom stereocenters. The van der Waals surface area contributed by atoms with E-state index in [0.29, 0.717) is 0 Å². The third-order valence-corrected chi connectivity index (χ3v) is 4.18. The van der Waals surface area contributed by atoms with Crippen molar-refractivity contribution in [3.8, 4) is 0 Å². The van der Waals surface area contributed by atoms with E-state index in [1.807, 2.05) is 17.0 Å². The smallest absolute Gasteiger partial charge is 0.230 e. The summed E-state index contributed by atoms with van der Waals surface area (Å²) in [5.74, 6) is 0.281. The lowest BCUT2D eigenvalue weighted by molar-refractivity contribution is -0.140. The Balaban J connectivity index is 0.00000200. The van der Waals surface area contributed by atoms with Gasteiger partial charge in [0.05, 0.1) is 5.41 Å². The highest BCUT2D eigenvalue weighted by atomic mass is 35.5. The van der Waals surface area contributed by atoms with E-state index in [1.54, 1.807) is 0 Å². The summed E-state index contributed by atoms with van der Waals surface area (Å²) in [4.78, 5) is 14.7. The zero-order chi connectivity index (χ0) is 13.9. The number of amides is 1. The van der Waals surface area contributed by atoms with Crippen LogP contribution in [0.25, 0.3) is 0 Å². The zero-order valence-corrected chi connectivity index (χ0v) is 13.4. The van der Waals surface area contributed by atoms with Crippen molar-refractivity contribution in [1.82, 2.24) is 10.2 Å². The van der Waals surface area contributed by atoms with Crippen molar-refractivity contribution in [2.45, 2.75) is 33.7 Å². The highest BCUT2D eigenvalue weighted by molar-refractivity contribution is 5.85. The van der Waals surface area contributed by atoms with E-state index in [9.17, 15) is 4.79 Å². The van der Waals surface area contributed by atoms with Crippen molar-refractivity contribution in [2.24, 2.45) is 5.41 Å². The van der Waals surface area contributed by atoms with Crippen molar-refractivity contribution >= 4 is 18.3 Å². The topological polar surface area (TPSA) is 32.3 Å². The van der Waals surface area contributed by atoms with Gasteiger partial charge in [0.25, 0.3) is 0 Å². The number of nitrogens with one attached hydrogen (secondary N) is 1. The molecule has 1 fully saturated rings. The largest absolute Gasteiger partial charge is 0.338 e. The van der Waals surface area contributed by atoms with Crippen LogP contribution in [0.1, 0.15) is 31.4 Å². The molecule has 1 amide bonds. The number of hydrogen-bond acceptors (Lipinski definition) is 2. The summed E-state index contributed by atoms with van der Waals surface area (Å²) in [5, 5.41) is 3.30. The van der Waals surface area contributed by atoms with E-state index in [1.165, 1.54) is 11.1 Å². The van der Waals surface area contributed by atoms with E-state index in [4.69, 9.17) is 0 Å². The molecule has 1 aromatic rings. The van der Waals surface area contributed by atoms with Gasteiger partial charge in [-0.05, 0) is 44.9 Å². The standard InChI is InChI=1S/C16H24N2O.ClH/c1-4-18(11-14-8-6-5-7-13(14)2)15(19)16(3)9-10-17-12-16;/h5-8,17H,4,9-12H2,1-3H3;1H. The average Bonchev–Trinajstić information content (AvgIpc) is 2.85. The third-order valence-electron chi connectivity index (χ3n) is 4.18. The van der Waals surface area contributed by atoms with Gasteiger partial charge in [-0.15, -0.1) is 12.4 Å².